The van der Waals surface area contributed by atoms with Gasteiger partial charge in [-0.15, -0.1) is 0 Å². The Morgan fingerprint density at radius 3 is 2.39 bits per heavy atom. The van der Waals surface area contributed by atoms with Crippen LogP contribution in [0.5, 0.6) is 0 Å². The first kappa shape index (κ1) is 16.3. The summed E-state index contributed by atoms with van der Waals surface area (Å²) in [6.07, 6.45) is 5.44. The fourth-order valence-electron chi connectivity index (χ4n) is 3.48. The highest BCUT2D eigenvalue weighted by atomic mass is 15.0. The van der Waals surface area contributed by atoms with Crippen LogP contribution in [-0.2, 0) is 0 Å². The van der Waals surface area contributed by atoms with E-state index in [1.807, 2.05) is 36.7 Å². The monoisotopic (exact) mass is 362 g/mol. The Labute approximate surface area is 162 Å². The van der Waals surface area contributed by atoms with Gasteiger partial charge in [-0.2, -0.15) is 0 Å². The van der Waals surface area contributed by atoms with Gasteiger partial charge in [0.05, 0.1) is 0 Å². The fraction of sp³-hybridized carbons (Fsp3) is 0. The van der Waals surface area contributed by atoms with Crippen LogP contribution in [0.25, 0.3) is 33.3 Å². The zero-order chi connectivity index (χ0) is 18.8. The summed E-state index contributed by atoms with van der Waals surface area (Å²) in [5, 5.41) is 5.74. The van der Waals surface area contributed by atoms with Crippen molar-refractivity contribution in [2.24, 2.45) is 0 Å². The third-order valence-corrected chi connectivity index (χ3v) is 4.79. The molecule has 0 fully saturated rings. The standard InChI is InChI=1S/C24H18N4/c1-2-6-17(7-3-1)20-10-5-11-22-21(20)12-13-25-24(22)28-19-9-4-8-18(16-19)23-26-14-15-27-23/h1-16H,(H,25,28)(H,26,27). The Morgan fingerprint density at radius 1 is 0.679 bits per heavy atom. The van der Waals surface area contributed by atoms with Gasteiger partial charge >= 0.3 is 0 Å². The quantitative estimate of drug-likeness (QED) is 0.410. The second-order valence-electron chi connectivity index (χ2n) is 6.57. The van der Waals surface area contributed by atoms with Crippen LogP contribution in [0.2, 0.25) is 0 Å². The third kappa shape index (κ3) is 3.01. The molecule has 0 saturated heterocycles. The minimum Gasteiger partial charge on any atom is -0.345 e. The van der Waals surface area contributed by atoms with Crippen LogP contribution in [0.1, 0.15) is 0 Å². The summed E-state index contributed by atoms with van der Waals surface area (Å²) in [6, 6.07) is 27.0. The average Bonchev–Trinajstić information content (AvgIpc) is 3.30. The maximum atomic E-state index is 4.59. The lowest BCUT2D eigenvalue weighted by molar-refractivity contribution is 1.30. The number of H-pyrrole nitrogens is 1. The Bertz CT molecular complexity index is 1230. The molecule has 0 spiro atoms. The van der Waals surface area contributed by atoms with E-state index in [1.165, 1.54) is 16.5 Å². The number of hydrogen-bond donors (Lipinski definition) is 2. The minimum absolute atomic E-state index is 0.840. The fourth-order valence-corrected chi connectivity index (χ4v) is 3.48. The molecule has 4 heteroatoms. The maximum Gasteiger partial charge on any atom is 0.138 e. The van der Waals surface area contributed by atoms with Crippen molar-refractivity contribution in [1.29, 1.82) is 0 Å². The van der Waals surface area contributed by atoms with Crippen molar-refractivity contribution in [3.05, 3.63) is 97.5 Å². The molecule has 5 rings (SSSR count). The van der Waals surface area contributed by atoms with Gasteiger partial charge in [-0.25, -0.2) is 9.97 Å². The van der Waals surface area contributed by atoms with Crippen molar-refractivity contribution < 1.29 is 0 Å². The number of nitrogens with one attached hydrogen (secondary N) is 2. The largest absolute Gasteiger partial charge is 0.345 e. The maximum absolute atomic E-state index is 4.59. The number of imidazole rings is 1. The lowest BCUT2D eigenvalue weighted by Crippen LogP contribution is -1.95. The normalized spacial score (nSPS) is 10.9. The Kier molecular flexibility index (Phi) is 4.07. The van der Waals surface area contributed by atoms with Crippen LogP contribution in [0.15, 0.2) is 97.5 Å². The molecule has 0 bridgehead atoms. The summed E-state index contributed by atoms with van der Waals surface area (Å²) in [5.41, 5.74) is 4.40. The van der Waals surface area contributed by atoms with Gasteiger partial charge in [0.25, 0.3) is 0 Å². The molecule has 0 aliphatic heterocycles. The number of aromatic amines is 1. The molecule has 0 unspecified atom stereocenters. The number of benzene rings is 3. The first-order valence-electron chi connectivity index (χ1n) is 9.18. The van der Waals surface area contributed by atoms with Gasteiger partial charge in [0.2, 0.25) is 0 Å². The summed E-state index contributed by atoms with van der Waals surface area (Å²) in [5.74, 6) is 1.69. The van der Waals surface area contributed by atoms with Crippen molar-refractivity contribution in [2.75, 3.05) is 5.32 Å². The highest BCUT2D eigenvalue weighted by Crippen LogP contribution is 2.32. The molecule has 134 valence electrons. The predicted molar refractivity (Wildman–Crippen MR) is 114 cm³/mol. The summed E-state index contributed by atoms with van der Waals surface area (Å²) < 4.78 is 0. The average molecular weight is 362 g/mol. The molecule has 0 amide bonds. The molecule has 28 heavy (non-hydrogen) atoms. The molecule has 0 aliphatic carbocycles. The number of anilines is 2. The Balaban J connectivity index is 1.57. The number of nitrogens with zero attached hydrogens (tertiary/aromatic N) is 2. The first-order valence-corrected chi connectivity index (χ1v) is 9.18. The molecule has 5 aromatic rings. The van der Waals surface area contributed by atoms with Gasteiger partial charge in [0.1, 0.15) is 11.6 Å². The molecule has 2 N–H and O–H groups in total. The van der Waals surface area contributed by atoms with Gasteiger partial charge in [-0.1, -0.05) is 60.7 Å². The number of pyridine rings is 1. The summed E-state index contributed by atoms with van der Waals surface area (Å²) in [7, 11) is 0. The van der Waals surface area contributed by atoms with Crippen LogP contribution >= 0.6 is 0 Å². The SMILES string of the molecule is c1ccc(-c2cccc3c(Nc4cccc(-c5ncc[nH]5)c4)nccc23)cc1. The summed E-state index contributed by atoms with van der Waals surface area (Å²) >= 11 is 0. The van der Waals surface area contributed by atoms with E-state index in [0.29, 0.717) is 0 Å². The Hall–Kier alpha value is -3.92. The van der Waals surface area contributed by atoms with Crippen LogP contribution < -0.4 is 5.32 Å². The smallest absolute Gasteiger partial charge is 0.138 e. The van der Waals surface area contributed by atoms with Gasteiger partial charge in [-0.3, -0.25) is 0 Å². The molecule has 0 aliphatic rings. The predicted octanol–water partition coefficient (Wildman–Crippen LogP) is 6.04. The molecule has 2 aromatic heterocycles. The van der Waals surface area contributed by atoms with Crippen molar-refractivity contribution >= 4 is 22.3 Å². The van der Waals surface area contributed by atoms with Crippen molar-refractivity contribution in [3.8, 4) is 22.5 Å². The number of hydrogen-bond acceptors (Lipinski definition) is 3. The zero-order valence-corrected chi connectivity index (χ0v) is 15.1. The van der Waals surface area contributed by atoms with E-state index in [-0.39, 0.29) is 0 Å². The minimum atomic E-state index is 0.840. The van der Waals surface area contributed by atoms with Crippen LogP contribution in [-0.4, -0.2) is 15.0 Å². The number of aromatic nitrogens is 3. The number of rotatable bonds is 4. The van der Waals surface area contributed by atoms with E-state index < -0.39 is 0 Å². The molecule has 3 aromatic carbocycles. The van der Waals surface area contributed by atoms with Crippen molar-refractivity contribution in [2.45, 2.75) is 0 Å². The van der Waals surface area contributed by atoms with E-state index in [9.17, 15) is 0 Å². The van der Waals surface area contributed by atoms with Crippen LogP contribution in [0.3, 0.4) is 0 Å². The molecular weight excluding hydrogens is 344 g/mol. The molecule has 0 saturated carbocycles. The van der Waals surface area contributed by atoms with E-state index >= 15 is 0 Å². The summed E-state index contributed by atoms with van der Waals surface area (Å²) in [4.78, 5) is 12.1. The second kappa shape index (κ2) is 7.00. The van der Waals surface area contributed by atoms with E-state index in [2.05, 4.69) is 74.9 Å². The molecule has 2 heterocycles. The zero-order valence-electron chi connectivity index (χ0n) is 15.1. The second-order valence-corrected chi connectivity index (χ2v) is 6.57. The van der Waals surface area contributed by atoms with Gasteiger partial charge in [-0.05, 0) is 34.7 Å². The molecular formula is C24H18N4. The van der Waals surface area contributed by atoms with Crippen molar-refractivity contribution in [3.63, 3.8) is 0 Å². The van der Waals surface area contributed by atoms with Crippen LogP contribution in [0.4, 0.5) is 11.5 Å². The summed E-state index contributed by atoms with van der Waals surface area (Å²) in [6.45, 7) is 0. The first-order chi connectivity index (χ1) is 13.9. The number of fused-ring (bicyclic) bond motifs is 1. The molecule has 0 radical (unpaired) electrons. The van der Waals surface area contributed by atoms with E-state index in [4.69, 9.17) is 0 Å². The van der Waals surface area contributed by atoms with Gasteiger partial charge in [0, 0.05) is 35.2 Å². The highest BCUT2D eigenvalue weighted by molar-refractivity contribution is 6.02. The Morgan fingerprint density at radius 2 is 1.54 bits per heavy atom. The molecule has 4 nitrogen and oxygen atoms in total. The van der Waals surface area contributed by atoms with Gasteiger partial charge in [0.15, 0.2) is 0 Å². The lowest BCUT2D eigenvalue weighted by atomic mass is 9.99. The van der Waals surface area contributed by atoms with Crippen LogP contribution in [0, 0.1) is 0 Å². The molecule has 0 atom stereocenters. The topological polar surface area (TPSA) is 53.6 Å². The third-order valence-electron chi connectivity index (χ3n) is 4.79. The van der Waals surface area contributed by atoms with Gasteiger partial charge < -0.3 is 10.3 Å². The lowest BCUT2D eigenvalue weighted by Gasteiger charge is -2.12. The van der Waals surface area contributed by atoms with E-state index in [0.717, 1.165) is 28.3 Å². The van der Waals surface area contributed by atoms with Crippen molar-refractivity contribution in [1.82, 2.24) is 15.0 Å². The van der Waals surface area contributed by atoms with E-state index in [1.54, 1.807) is 6.20 Å². The highest BCUT2D eigenvalue weighted by Gasteiger charge is 2.09.